The molecule has 1 rings (SSSR count). The lowest BCUT2D eigenvalue weighted by atomic mass is 10.00. The molecule has 0 spiro atoms. The van der Waals surface area contributed by atoms with Crippen molar-refractivity contribution >= 4 is 17.4 Å². The lowest BCUT2D eigenvalue weighted by Gasteiger charge is -2.11. The van der Waals surface area contributed by atoms with E-state index >= 15 is 0 Å². The lowest BCUT2D eigenvalue weighted by Crippen LogP contribution is -2.04. The predicted octanol–water partition coefficient (Wildman–Crippen LogP) is 3.24. The molecule has 15 heavy (non-hydrogen) atoms. The van der Waals surface area contributed by atoms with Gasteiger partial charge in [-0.2, -0.15) is 0 Å². The molecule has 0 aromatic heterocycles. The van der Waals surface area contributed by atoms with Crippen LogP contribution in [0.4, 0.5) is 0 Å². The average Bonchev–Trinajstić information content (AvgIpc) is 2.27. The van der Waals surface area contributed by atoms with E-state index < -0.39 is 0 Å². The van der Waals surface area contributed by atoms with Crippen molar-refractivity contribution in [3.63, 3.8) is 0 Å². The van der Waals surface area contributed by atoms with Crippen LogP contribution in [0.2, 0.25) is 0 Å². The second kappa shape index (κ2) is 5.17. The van der Waals surface area contributed by atoms with Gasteiger partial charge >= 0.3 is 0 Å². The van der Waals surface area contributed by atoms with Crippen LogP contribution < -0.4 is 4.74 Å². The minimum absolute atomic E-state index is 0.0165. The molecule has 0 aliphatic rings. The Hall–Kier alpha value is -1.02. The Bertz CT molecular complexity index is 359. The molecule has 0 atom stereocenters. The van der Waals surface area contributed by atoms with Crippen LogP contribution in [0.1, 0.15) is 35.7 Å². The molecule has 0 saturated carbocycles. The van der Waals surface area contributed by atoms with Gasteiger partial charge in [0.1, 0.15) is 5.75 Å². The second-order valence-electron chi connectivity index (χ2n) is 3.67. The smallest absolute Gasteiger partial charge is 0.181 e. The first kappa shape index (κ1) is 12.1. The van der Waals surface area contributed by atoms with Crippen LogP contribution in [0.25, 0.3) is 0 Å². The minimum atomic E-state index is -0.108. The summed E-state index contributed by atoms with van der Waals surface area (Å²) in [6.07, 6.45) is 0. The average molecular weight is 227 g/mol. The second-order valence-corrected chi connectivity index (χ2v) is 3.94. The fourth-order valence-corrected chi connectivity index (χ4v) is 1.51. The van der Waals surface area contributed by atoms with E-state index in [1.165, 1.54) is 0 Å². The summed E-state index contributed by atoms with van der Waals surface area (Å²) in [4.78, 5) is 11.5. The van der Waals surface area contributed by atoms with Crippen LogP contribution in [-0.4, -0.2) is 18.8 Å². The van der Waals surface area contributed by atoms with E-state index in [1.807, 2.05) is 12.1 Å². The summed E-state index contributed by atoms with van der Waals surface area (Å²) in [5.41, 5.74) is 1.70. The van der Waals surface area contributed by atoms with Crippen LogP contribution in [0.5, 0.6) is 5.75 Å². The maximum absolute atomic E-state index is 11.5. The van der Waals surface area contributed by atoms with Crippen LogP contribution >= 0.6 is 11.6 Å². The lowest BCUT2D eigenvalue weighted by molar-refractivity contribution is 0.101. The van der Waals surface area contributed by atoms with E-state index in [0.29, 0.717) is 17.2 Å². The van der Waals surface area contributed by atoms with Crippen molar-refractivity contribution in [2.45, 2.75) is 19.8 Å². The van der Waals surface area contributed by atoms with Gasteiger partial charge in [-0.3, -0.25) is 4.79 Å². The van der Waals surface area contributed by atoms with Crippen molar-refractivity contribution in [1.29, 1.82) is 0 Å². The molecule has 0 fully saturated rings. The summed E-state index contributed by atoms with van der Waals surface area (Å²) >= 11 is 5.51. The van der Waals surface area contributed by atoms with E-state index in [4.69, 9.17) is 16.3 Å². The topological polar surface area (TPSA) is 26.3 Å². The van der Waals surface area contributed by atoms with Crippen molar-refractivity contribution in [3.8, 4) is 5.75 Å². The van der Waals surface area contributed by atoms with Crippen LogP contribution in [-0.2, 0) is 0 Å². The maximum atomic E-state index is 11.5. The van der Waals surface area contributed by atoms with Gasteiger partial charge in [-0.25, -0.2) is 0 Å². The predicted molar refractivity (Wildman–Crippen MR) is 62.1 cm³/mol. The maximum Gasteiger partial charge on any atom is 0.181 e. The van der Waals surface area contributed by atoms with E-state index in [1.54, 1.807) is 13.2 Å². The summed E-state index contributed by atoms with van der Waals surface area (Å²) < 4.78 is 5.18. The van der Waals surface area contributed by atoms with Gasteiger partial charge in [0, 0.05) is 0 Å². The highest BCUT2D eigenvalue weighted by Crippen LogP contribution is 2.25. The number of methoxy groups -OCH3 is 1. The molecule has 0 bridgehead atoms. The zero-order chi connectivity index (χ0) is 11.4. The summed E-state index contributed by atoms with van der Waals surface area (Å²) in [5, 5.41) is 0. The van der Waals surface area contributed by atoms with Crippen molar-refractivity contribution in [1.82, 2.24) is 0 Å². The fraction of sp³-hybridized carbons (Fsp3) is 0.417. The number of hydrogen-bond donors (Lipinski definition) is 0. The molecule has 0 N–H and O–H groups in total. The first-order chi connectivity index (χ1) is 7.10. The number of Topliss-reactive ketones (excluding diaryl/α,β-unsaturated/α-hetero) is 1. The van der Waals surface area contributed by atoms with E-state index in [9.17, 15) is 4.79 Å². The monoisotopic (exact) mass is 226 g/mol. The third kappa shape index (κ3) is 2.72. The highest BCUT2D eigenvalue weighted by Gasteiger charge is 2.12. The molecule has 0 amide bonds. The number of ketones is 1. The Labute approximate surface area is 95.2 Å². The first-order valence-electron chi connectivity index (χ1n) is 4.87. The van der Waals surface area contributed by atoms with Crippen molar-refractivity contribution < 1.29 is 9.53 Å². The summed E-state index contributed by atoms with van der Waals surface area (Å²) in [6, 6.07) is 5.61. The summed E-state index contributed by atoms with van der Waals surface area (Å²) in [7, 11) is 1.56. The van der Waals surface area contributed by atoms with Gasteiger partial charge in [0.15, 0.2) is 5.78 Å². The van der Waals surface area contributed by atoms with Crippen LogP contribution in [0, 0.1) is 0 Å². The Kier molecular flexibility index (Phi) is 4.15. The van der Waals surface area contributed by atoms with Crippen LogP contribution in [0.15, 0.2) is 18.2 Å². The Balaban J connectivity index is 3.15. The molecule has 1 aromatic rings. The van der Waals surface area contributed by atoms with E-state index in [-0.39, 0.29) is 11.7 Å². The standard InChI is InChI=1S/C12H15ClO2/c1-8(2)9-4-5-10(11(14)7-13)12(6-9)15-3/h4-6,8H,7H2,1-3H3. The molecule has 0 saturated heterocycles. The van der Waals surface area contributed by atoms with Gasteiger partial charge in [0.05, 0.1) is 18.6 Å². The quantitative estimate of drug-likeness (QED) is 0.582. The Morgan fingerprint density at radius 1 is 1.47 bits per heavy atom. The van der Waals surface area contributed by atoms with Crippen molar-refractivity contribution in [2.75, 3.05) is 13.0 Å². The number of carbonyl (C=O) groups is 1. The van der Waals surface area contributed by atoms with Gasteiger partial charge in [0.25, 0.3) is 0 Å². The Morgan fingerprint density at radius 2 is 2.13 bits per heavy atom. The van der Waals surface area contributed by atoms with Crippen LogP contribution in [0.3, 0.4) is 0 Å². The molecule has 0 radical (unpaired) electrons. The molecule has 2 nitrogen and oxygen atoms in total. The van der Waals surface area contributed by atoms with Gasteiger partial charge in [-0.1, -0.05) is 19.9 Å². The molecule has 82 valence electrons. The molecular formula is C12H15ClO2. The molecule has 0 aliphatic heterocycles. The number of carbonyl (C=O) groups excluding carboxylic acids is 1. The molecule has 0 heterocycles. The largest absolute Gasteiger partial charge is 0.496 e. The molecule has 0 aliphatic carbocycles. The number of halogens is 1. The number of ether oxygens (including phenoxy) is 1. The highest BCUT2D eigenvalue weighted by molar-refractivity contribution is 6.30. The van der Waals surface area contributed by atoms with Crippen molar-refractivity contribution in [3.05, 3.63) is 29.3 Å². The van der Waals surface area contributed by atoms with Crippen molar-refractivity contribution in [2.24, 2.45) is 0 Å². The molecular weight excluding hydrogens is 212 g/mol. The van der Waals surface area contributed by atoms with Gasteiger partial charge in [-0.15, -0.1) is 11.6 Å². The Morgan fingerprint density at radius 3 is 2.60 bits per heavy atom. The van der Waals surface area contributed by atoms with E-state index in [0.717, 1.165) is 5.56 Å². The first-order valence-corrected chi connectivity index (χ1v) is 5.40. The van der Waals surface area contributed by atoms with Gasteiger partial charge in [-0.05, 0) is 23.6 Å². The molecule has 1 aromatic carbocycles. The number of rotatable bonds is 4. The summed E-state index contributed by atoms with van der Waals surface area (Å²) in [5.74, 6) is 0.895. The number of hydrogen-bond acceptors (Lipinski definition) is 2. The SMILES string of the molecule is COc1cc(C(C)C)ccc1C(=O)CCl. The molecule has 3 heteroatoms. The zero-order valence-corrected chi connectivity index (χ0v) is 9.97. The fourth-order valence-electron chi connectivity index (χ4n) is 1.37. The van der Waals surface area contributed by atoms with E-state index in [2.05, 4.69) is 13.8 Å². The third-order valence-electron chi connectivity index (χ3n) is 2.31. The van der Waals surface area contributed by atoms with Gasteiger partial charge < -0.3 is 4.74 Å². The normalized spacial score (nSPS) is 10.5. The third-order valence-corrected chi connectivity index (χ3v) is 2.56. The summed E-state index contributed by atoms with van der Waals surface area (Å²) in [6.45, 7) is 4.19. The van der Waals surface area contributed by atoms with Gasteiger partial charge in [0.2, 0.25) is 0 Å². The minimum Gasteiger partial charge on any atom is -0.496 e. The zero-order valence-electron chi connectivity index (χ0n) is 9.21. The molecule has 0 unspecified atom stereocenters. The highest BCUT2D eigenvalue weighted by atomic mass is 35.5. The number of alkyl halides is 1. The number of benzene rings is 1.